The van der Waals surface area contributed by atoms with Crippen LogP contribution in [0, 0.1) is 12.3 Å². The van der Waals surface area contributed by atoms with E-state index in [4.69, 9.17) is 9.52 Å². The van der Waals surface area contributed by atoms with Crippen LogP contribution in [0.1, 0.15) is 47.7 Å². The summed E-state index contributed by atoms with van der Waals surface area (Å²) in [7, 11) is 0. The number of nitrogens with one attached hydrogen (secondary N) is 1. The van der Waals surface area contributed by atoms with Crippen LogP contribution in [0.15, 0.2) is 68.5 Å². The molecule has 0 fully saturated rings. The molecule has 5 nitrogen and oxygen atoms in total. The van der Waals surface area contributed by atoms with Gasteiger partial charge in [0.1, 0.15) is 5.76 Å². The Kier molecular flexibility index (Phi) is 5.39. The number of anilines is 1. The molecule has 2 heterocycles. The quantitative estimate of drug-likeness (QED) is 0.264. The average Bonchev–Trinajstić information content (AvgIpc) is 3.32. The van der Waals surface area contributed by atoms with Gasteiger partial charge in [-0.1, -0.05) is 44.2 Å². The van der Waals surface area contributed by atoms with Crippen LogP contribution < -0.4 is 5.43 Å². The molecule has 0 atom stereocenters. The summed E-state index contributed by atoms with van der Waals surface area (Å²) in [6, 6.07) is 17.8. The third-order valence-electron chi connectivity index (χ3n) is 5.53. The highest BCUT2D eigenvalue weighted by Gasteiger charge is 2.36. The number of thioether (sulfide) groups is 1. The summed E-state index contributed by atoms with van der Waals surface area (Å²) < 4.78 is 7.96. The molecule has 0 saturated carbocycles. The lowest BCUT2D eigenvalue weighted by Gasteiger charge is -2.29. The summed E-state index contributed by atoms with van der Waals surface area (Å²) in [4.78, 5) is 17.7. The summed E-state index contributed by atoms with van der Waals surface area (Å²) in [5.74, 6) is 1.23. The Hall–Kier alpha value is -2.90. The van der Waals surface area contributed by atoms with E-state index in [1.807, 2.05) is 61.5 Å². The summed E-state index contributed by atoms with van der Waals surface area (Å²) in [6.45, 7) is 6.34. The maximum atomic E-state index is 13.2. The fourth-order valence-electron chi connectivity index (χ4n) is 4.07. The molecule has 0 radical (unpaired) electrons. The molecule has 0 aliphatic heterocycles. The summed E-state index contributed by atoms with van der Waals surface area (Å²) in [6.07, 6.45) is 1.57. The van der Waals surface area contributed by atoms with E-state index in [1.165, 1.54) is 11.3 Å². The SMILES string of the molecule is Cc1c(C(=O)Sc2nc3ccccc3s2)oc2c1/C(=N\Nc1ccccc1)CC(C)(C)C2. The third-order valence-corrected chi connectivity index (χ3v) is 7.49. The maximum absolute atomic E-state index is 13.2. The predicted octanol–water partition coefficient (Wildman–Crippen LogP) is 6.92. The Morgan fingerprint density at radius 2 is 1.88 bits per heavy atom. The third kappa shape index (κ3) is 4.10. The van der Waals surface area contributed by atoms with Crippen molar-refractivity contribution in [3.05, 3.63) is 77.2 Å². The van der Waals surface area contributed by atoms with Crippen molar-refractivity contribution in [2.75, 3.05) is 5.43 Å². The molecule has 5 rings (SSSR count). The van der Waals surface area contributed by atoms with E-state index in [1.54, 1.807) is 0 Å². The van der Waals surface area contributed by atoms with Crippen molar-refractivity contribution in [3.8, 4) is 0 Å². The van der Waals surface area contributed by atoms with Gasteiger partial charge in [-0.05, 0) is 54.8 Å². The summed E-state index contributed by atoms with van der Waals surface area (Å²) >= 11 is 2.65. The number of para-hydroxylation sites is 2. The smallest absolute Gasteiger partial charge is 0.261 e. The van der Waals surface area contributed by atoms with Gasteiger partial charge in [0.2, 0.25) is 0 Å². The lowest BCUT2D eigenvalue weighted by molar-refractivity contribution is 0.106. The van der Waals surface area contributed by atoms with Crippen molar-refractivity contribution in [2.24, 2.45) is 10.5 Å². The number of furan rings is 1. The molecular weight excluding hydrogens is 438 g/mol. The minimum absolute atomic E-state index is 0.00497. The second kappa shape index (κ2) is 8.22. The first-order valence-electron chi connectivity index (χ1n) is 10.5. The molecule has 2 aromatic heterocycles. The van der Waals surface area contributed by atoms with E-state index in [2.05, 4.69) is 24.3 Å². The first-order chi connectivity index (χ1) is 15.4. The molecule has 1 aliphatic carbocycles. The van der Waals surface area contributed by atoms with Crippen LogP contribution in [0.2, 0.25) is 0 Å². The minimum atomic E-state index is -0.121. The summed E-state index contributed by atoms with van der Waals surface area (Å²) in [5, 5.41) is 4.59. The van der Waals surface area contributed by atoms with Crippen molar-refractivity contribution in [2.45, 2.75) is 38.0 Å². The average molecular weight is 462 g/mol. The second-order valence-corrected chi connectivity index (χ2v) is 11.0. The van der Waals surface area contributed by atoms with Gasteiger partial charge in [-0.2, -0.15) is 5.10 Å². The first-order valence-corrected chi connectivity index (χ1v) is 12.1. The standard InChI is InChI=1S/C25H23N3O2S2/c1-15-21-18(28-27-16-9-5-4-6-10-16)13-25(2,3)14-19(21)30-22(15)23(29)32-24-26-17-11-7-8-12-20(17)31-24/h4-12,27H,13-14H2,1-3H3/b28-18-. The molecule has 1 aliphatic rings. The molecule has 0 bridgehead atoms. The molecule has 0 amide bonds. The van der Waals surface area contributed by atoms with Gasteiger partial charge in [0.25, 0.3) is 5.12 Å². The van der Waals surface area contributed by atoms with E-state index in [0.717, 1.165) is 67.4 Å². The Balaban J connectivity index is 1.46. The normalized spacial score (nSPS) is 16.3. The highest BCUT2D eigenvalue weighted by atomic mass is 32.2. The highest BCUT2D eigenvalue weighted by molar-refractivity contribution is 8.15. The minimum Gasteiger partial charge on any atom is -0.456 e. The second-order valence-electron chi connectivity index (χ2n) is 8.75. The molecule has 1 N–H and O–H groups in total. The van der Waals surface area contributed by atoms with E-state index >= 15 is 0 Å². The van der Waals surface area contributed by atoms with E-state index < -0.39 is 0 Å². The number of benzene rings is 2. The fourth-order valence-corrected chi connectivity index (χ4v) is 6.02. The number of carbonyl (C=O) groups excluding carboxylic acids is 1. The van der Waals surface area contributed by atoms with Gasteiger partial charge in [-0.25, -0.2) is 4.98 Å². The summed E-state index contributed by atoms with van der Waals surface area (Å²) in [5.41, 5.74) is 7.72. The van der Waals surface area contributed by atoms with Crippen LogP contribution in [-0.4, -0.2) is 15.8 Å². The van der Waals surface area contributed by atoms with E-state index in [9.17, 15) is 4.79 Å². The van der Waals surface area contributed by atoms with Crippen molar-refractivity contribution >= 4 is 49.8 Å². The number of nitrogens with zero attached hydrogens (tertiary/aromatic N) is 2. The Labute approximate surface area is 194 Å². The first kappa shape index (κ1) is 21.0. The number of hydrazone groups is 1. The van der Waals surface area contributed by atoms with Crippen molar-refractivity contribution < 1.29 is 9.21 Å². The van der Waals surface area contributed by atoms with Gasteiger partial charge in [0.05, 0.1) is 21.6 Å². The van der Waals surface area contributed by atoms with Gasteiger partial charge < -0.3 is 4.42 Å². The zero-order chi connectivity index (χ0) is 22.3. The van der Waals surface area contributed by atoms with Gasteiger partial charge >= 0.3 is 0 Å². The number of hydrogen-bond acceptors (Lipinski definition) is 7. The van der Waals surface area contributed by atoms with E-state index in [-0.39, 0.29) is 10.5 Å². The van der Waals surface area contributed by atoms with Gasteiger partial charge in [-0.15, -0.1) is 11.3 Å². The van der Waals surface area contributed by atoms with E-state index in [0.29, 0.717) is 5.76 Å². The van der Waals surface area contributed by atoms with Crippen LogP contribution >= 0.6 is 23.1 Å². The molecule has 7 heteroatoms. The predicted molar refractivity (Wildman–Crippen MR) is 132 cm³/mol. The molecular formula is C25H23N3O2S2. The van der Waals surface area contributed by atoms with Crippen molar-refractivity contribution in [1.29, 1.82) is 0 Å². The maximum Gasteiger partial charge on any atom is 0.261 e. The molecule has 162 valence electrons. The Morgan fingerprint density at radius 3 is 2.66 bits per heavy atom. The number of aromatic nitrogens is 1. The Morgan fingerprint density at radius 1 is 1.12 bits per heavy atom. The topological polar surface area (TPSA) is 67.5 Å². The Bertz CT molecular complexity index is 1300. The molecule has 0 saturated heterocycles. The molecule has 32 heavy (non-hydrogen) atoms. The van der Waals surface area contributed by atoms with Crippen LogP contribution in [0.25, 0.3) is 10.2 Å². The van der Waals surface area contributed by atoms with Crippen molar-refractivity contribution in [1.82, 2.24) is 4.98 Å². The highest BCUT2D eigenvalue weighted by Crippen LogP contribution is 2.40. The zero-order valence-corrected chi connectivity index (χ0v) is 19.8. The number of rotatable bonds is 4. The van der Waals surface area contributed by atoms with Crippen LogP contribution in [0.4, 0.5) is 5.69 Å². The monoisotopic (exact) mass is 461 g/mol. The van der Waals surface area contributed by atoms with Crippen LogP contribution in [0.5, 0.6) is 0 Å². The zero-order valence-electron chi connectivity index (χ0n) is 18.1. The lowest BCUT2D eigenvalue weighted by Crippen LogP contribution is -2.27. The number of hydrogen-bond donors (Lipinski definition) is 1. The number of fused-ring (bicyclic) bond motifs is 2. The van der Waals surface area contributed by atoms with Gasteiger partial charge in [-0.3, -0.25) is 10.2 Å². The van der Waals surface area contributed by atoms with Gasteiger partial charge in [0, 0.05) is 17.5 Å². The molecule has 0 spiro atoms. The van der Waals surface area contributed by atoms with Crippen molar-refractivity contribution in [3.63, 3.8) is 0 Å². The largest absolute Gasteiger partial charge is 0.456 e. The number of thiazole rings is 1. The van der Waals surface area contributed by atoms with Crippen LogP contribution in [0.3, 0.4) is 0 Å². The molecule has 0 unspecified atom stereocenters. The fraction of sp³-hybridized carbons (Fsp3) is 0.240. The molecule has 4 aromatic rings. The molecule has 2 aromatic carbocycles. The van der Waals surface area contributed by atoms with Gasteiger partial charge in [0.15, 0.2) is 10.1 Å². The number of carbonyl (C=O) groups is 1. The van der Waals surface area contributed by atoms with Crippen LogP contribution in [-0.2, 0) is 6.42 Å². The lowest BCUT2D eigenvalue weighted by atomic mass is 9.75.